The molecule has 0 fully saturated rings. The third kappa shape index (κ3) is 9.22. The highest BCUT2D eigenvalue weighted by Crippen LogP contribution is 2.13. The number of esters is 1. The van der Waals surface area contributed by atoms with Crippen molar-refractivity contribution in [1.29, 1.82) is 0 Å². The molecule has 0 aliphatic carbocycles. The lowest BCUT2D eigenvalue weighted by atomic mass is 10.2. The number of hydrogen-bond acceptors (Lipinski definition) is 5. The summed E-state index contributed by atoms with van der Waals surface area (Å²) in [6.45, 7) is 8.05. The fraction of sp³-hybridized carbons (Fsp3) is 0.579. The molecule has 140 valence electrons. The van der Waals surface area contributed by atoms with Crippen molar-refractivity contribution >= 4 is 18.0 Å². The zero-order valence-electron chi connectivity index (χ0n) is 15.4. The van der Waals surface area contributed by atoms with Crippen LogP contribution in [0.5, 0.6) is 0 Å². The Morgan fingerprint density at radius 3 is 2.28 bits per heavy atom. The molecule has 0 atom stereocenters. The van der Waals surface area contributed by atoms with Gasteiger partial charge in [-0.2, -0.15) is 0 Å². The number of carbonyl (C=O) groups is 1. The largest absolute Gasteiger partial charge is 0.462 e. The van der Waals surface area contributed by atoms with Crippen LogP contribution in [0, 0.1) is 0 Å². The molecule has 0 aliphatic heterocycles. The number of rotatable bonds is 13. The molecule has 1 aromatic carbocycles. The van der Waals surface area contributed by atoms with Crippen LogP contribution in [-0.4, -0.2) is 48.7 Å². The topological polar surface area (TPSA) is 74.2 Å². The van der Waals surface area contributed by atoms with E-state index in [0.717, 1.165) is 32.4 Å². The van der Waals surface area contributed by atoms with Crippen molar-refractivity contribution in [3.8, 4) is 0 Å². The van der Waals surface area contributed by atoms with Crippen LogP contribution < -0.4 is 5.48 Å². The summed E-state index contributed by atoms with van der Waals surface area (Å²) in [6, 6.07) is 6.73. The molecule has 0 radical (unpaired) electrons. The highest BCUT2D eigenvalue weighted by atomic mass is 16.5. The van der Waals surface area contributed by atoms with Gasteiger partial charge in [0.05, 0.1) is 17.9 Å². The maximum absolute atomic E-state index is 12.0. The molecule has 25 heavy (non-hydrogen) atoms. The van der Waals surface area contributed by atoms with Crippen molar-refractivity contribution in [2.24, 2.45) is 4.99 Å². The number of carbonyl (C=O) groups excluding carboxylic acids is 1. The maximum Gasteiger partial charge on any atom is 0.338 e. The second-order valence-corrected chi connectivity index (χ2v) is 5.97. The van der Waals surface area contributed by atoms with Crippen LogP contribution >= 0.6 is 0 Å². The van der Waals surface area contributed by atoms with Gasteiger partial charge in [0.2, 0.25) is 0 Å². The normalized spacial score (nSPS) is 11.2. The zero-order valence-corrected chi connectivity index (χ0v) is 15.4. The first-order chi connectivity index (χ1) is 12.2. The van der Waals surface area contributed by atoms with E-state index in [4.69, 9.17) is 9.94 Å². The summed E-state index contributed by atoms with van der Waals surface area (Å²) in [5.74, 6) is -0.315. The Labute approximate surface area is 150 Å². The Bertz CT molecular complexity index is 495. The van der Waals surface area contributed by atoms with Crippen molar-refractivity contribution in [2.45, 2.75) is 46.0 Å². The second-order valence-electron chi connectivity index (χ2n) is 5.97. The van der Waals surface area contributed by atoms with Crippen LogP contribution in [0.15, 0.2) is 29.3 Å². The van der Waals surface area contributed by atoms with Gasteiger partial charge < -0.3 is 9.64 Å². The Morgan fingerprint density at radius 1 is 1.12 bits per heavy atom. The minimum absolute atomic E-state index is 0.315. The highest BCUT2D eigenvalue weighted by molar-refractivity contribution is 5.89. The van der Waals surface area contributed by atoms with Gasteiger partial charge in [-0.15, -0.1) is 0 Å². The van der Waals surface area contributed by atoms with Gasteiger partial charge in [-0.3, -0.25) is 10.7 Å². The Morgan fingerprint density at radius 2 is 1.72 bits per heavy atom. The molecule has 0 aliphatic rings. The molecule has 0 bridgehead atoms. The molecule has 0 aromatic heterocycles. The van der Waals surface area contributed by atoms with Crippen molar-refractivity contribution in [2.75, 3.05) is 26.2 Å². The lowest BCUT2D eigenvalue weighted by Crippen LogP contribution is -2.28. The Hall–Kier alpha value is -1.92. The summed E-state index contributed by atoms with van der Waals surface area (Å²) >= 11 is 0. The van der Waals surface area contributed by atoms with E-state index >= 15 is 0 Å². The van der Waals surface area contributed by atoms with E-state index in [2.05, 4.69) is 23.7 Å². The fourth-order valence-electron chi connectivity index (χ4n) is 2.42. The summed E-state index contributed by atoms with van der Waals surface area (Å²) < 4.78 is 5.35. The van der Waals surface area contributed by atoms with Gasteiger partial charge in [0, 0.05) is 6.54 Å². The zero-order chi connectivity index (χ0) is 18.3. The van der Waals surface area contributed by atoms with E-state index in [1.54, 1.807) is 24.3 Å². The second kappa shape index (κ2) is 13.4. The molecular weight excluding hydrogens is 318 g/mol. The van der Waals surface area contributed by atoms with Crippen LogP contribution in [0.2, 0.25) is 0 Å². The number of nitrogens with zero attached hydrogens (tertiary/aromatic N) is 2. The van der Waals surface area contributed by atoms with E-state index < -0.39 is 0 Å². The minimum Gasteiger partial charge on any atom is -0.462 e. The third-order valence-electron chi connectivity index (χ3n) is 3.88. The van der Waals surface area contributed by atoms with E-state index in [-0.39, 0.29) is 5.97 Å². The average Bonchev–Trinajstić information content (AvgIpc) is 2.65. The molecule has 0 unspecified atom stereocenters. The van der Waals surface area contributed by atoms with Gasteiger partial charge in [0.15, 0.2) is 0 Å². The van der Waals surface area contributed by atoms with Crippen LogP contribution in [-0.2, 0) is 4.74 Å². The molecule has 0 saturated carbocycles. The molecule has 1 aromatic rings. The molecule has 2 N–H and O–H groups in total. The van der Waals surface area contributed by atoms with Gasteiger partial charge in [-0.05, 0) is 56.6 Å². The molecule has 0 amide bonds. The number of hydroxylamine groups is 1. The van der Waals surface area contributed by atoms with Gasteiger partial charge >= 0.3 is 5.97 Å². The standard InChI is InChI=1S/C19H31N3O3/c1-3-5-12-22(13-6-4-2)14-7-15-25-19(23)17-8-10-18(11-9-17)20-16-21-24/h8-11,16,24H,3-7,12-15H2,1-2H3,(H,20,21). The maximum atomic E-state index is 12.0. The van der Waals surface area contributed by atoms with Crippen molar-refractivity contribution in [3.63, 3.8) is 0 Å². The number of ether oxygens (including phenoxy) is 1. The van der Waals surface area contributed by atoms with Gasteiger partial charge in [-0.1, -0.05) is 26.7 Å². The molecule has 6 heteroatoms. The lowest BCUT2D eigenvalue weighted by molar-refractivity contribution is 0.0487. The van der Waals surface area contributed by atoms with Crippen LogP contribution in [0.3, 0.4) is 0 Å². The first-order valence-corrected chi connectivity index (χ1v) is 9.13. The van der Waals surface area contributed by atoms with Crippen LogP contribution in [0.25, 0.3) is 0 Å². The fourth-order valence-corrected chi connectivity index (χ4v) is 2.42. The van der Waals surface area contributed by atoms with Crippen LogP contribution in [0.4, 0.5) is 5.69 Å². The van der Waals surface area contributed by atoms with Crippen LogP contribution in [0.1, 0.15) is 56.3 Å². The monoisotopic (exact) mass is 349 g/mol. The SMILES string of the molecule is CCCCN(CCCC)CCCOC(=O)c1ccc(N=CNO)cc1. The molecular formula is C19H31N3O3. The predicted molar refractivity (Wildman–Crippen MR) is 101 cm³/mol. The third-order valence-corrected chi connectivity index (χ3v) is 3.88. The van der Waals surface area contributed by atoms with Gasteiger partial charge in [0.25, 0.3) is 0 Å². The van der Waals surface area contributed by atoms with E-state index in [0.29, 0.717) is 17.9 Å². The molecule has 1 rings (SSSR count). The predicted octanol–water partition coefficient (Wildman–Crippen LogP) is 3.77. The minimum atomic E-state index is -0.315. The molecule has 0 saturated heterocycles. The van der Waals surface area contributed by atoms with Crippen molar-refractivity contribution < 1.29 is 14.7 Å². The quantitative estimate of drug-likeness (QED) is 0.186. The molecule has 6 nitrogen and oxygen atoms in total. The Kier molecular flexibility index (Phi) is 11.3. The summed E-state index contributed by atoms with van der Waals surface area (Å²) in [5.41, 5.74) is 2.98. The number of benzene rings is 1. The average molecular weight is 349 g/mol. The first-order valence-electron chi connectivity index (χ1n) is 9.13. The number of nitrogens with one attached hydrogen (secondary N) is 1. The molecule has 0 spiro atoms. The smallest absolute Gasteiger partial charge is 0.338 e. The lowest BCUT2D eigenvalue weighted by Gasteiger charge is -2.21. The number of unbranched alkanes of at least 4 members (excludes halogenated alkanes) is 2. The summed E-state index contributed by atoms with van der Waals surface area (Å²) in [5, 5.41) is 8.45. The van der Waals surface area contributed by atoms with Crippen molar-refractivity contribution in [1.82, 2.24) is 10.4 Å². The number of hydrogen-bond donors (Lipinski definition) is 2. The van der Waals surface area contributed by atoms with E-state index in [1.807, 2.05) is 5.48 Å². The summed E-state index contributed by atoms with van der Waals surface area (Å²) in [4.78, 5) is 18.4. The molecule has 0 heterocycles. The summed E-state index contributed by atoms with van der Waals surface area (Å²) in [7, 11) is 0. The Balaban J connectivity index is 2.33. The van der Waals surface area contributed by atoms with E-state index in [9.17, 15) is 4.79 Å². The van der Waals surface area contributed by atoms with E-state index in [1.165, 1.54) is 25.7 Å². The first kappa shape index (κ1) is 21.1. The summed E-state index contributed by atoms with van der Waals surface area (Å²) in [6.07, 6.45) is 6.84. The van der Waals surface area contributed by atoms with Crippen molar-refractivity contribution in [3.05, 3.63) is 29.8 Å². The van der Waals surface area contributed by atoms with Gasteiger partial charge in [-0.25, -0.2) is 9.79 Å². The van der Waals surface area contributed by atoms with Gasteiger partial charge in [0.1, 0.15) is 6.34 Å². The number of aliphatic imine (C=N–C) groups is 1. The highest BCUT2D eigenvalue weighted by Gasteiger charge is 2.08.